The molecule has 0 saturated carbocycles. The van der Waals surface area contributed by atoms with E-state index in [2.05, 4.69) is 15.5 Å². The number of hydrogen-bond acceptors (Lipinski definition) is 2. The average Bonchev–Trinajstić information content (AvgIpc) is 2.52. The Balaban J connectivity index is 2.30. The summed E-state index contributed by atoms with van der Waals surface area (Å²) in [6, 6.07) is 1.45. The molecule has 1 aromatic rings. The van der Waals surface area contributed by atoms with E-state index in [0.717, 1.165) is 0 Å². The Labute approximate surface area is 77.5 Å². The number of carbonyl (C=O) groups excluding carboxylic acids is 1. The minimum Gasteiger partial charge on any atom is -0.311 e. The summed E-state index contributed by atoms with van der Waals surface area (Å²) in [5.74, 6) is -0.399. The number of halogens is 3. The maximum Gasteiger partial charge on any atom is 0.389 e. The highest BCUT2D eigenvalue weighted by molar-refractivity contribution is 5.89. The van der Waals surface area contributed by atoms with Crippen LogP contribution in [0.4, 0.5) is 19.0 Å². The number of rotatable bonds is 3. The molecule has 7 heteroatoms. The van der Waals surface area contributed by atoms with E-state index >= 15 is 0 Å². The van der Waals surface area contributed by atoms with Crippen LogP contribution >= 0.6 is 0 Å². The average molecular weight is 207 g/mol. The third-order valence-electron chi connectivity index (χ3n) is 1.41. The fourth-order valence-electron chi connectivity index (χ4n) is 0.793. The zero-order valence-corrected chi connectivity index (χ0v) is 7.06. The fraction of sp³-hybridized carbons (Fsp3) is 0.429. The van der Waals surface area contributed by atoms with Gasteiger partial charge < -0.3 is 5.32 Å². The second-order valence-electron chi connectivity index (χ2n) is 2.63. The predicted molar refractivity (Wildman–Crippen MR) is 42.5 cm³/mol. The summed E-state index contributed by atoms with van der Waals surface area (Å²) in [6.45, 7) is 0. The Bertz CT molecular complexity index is 294. The minimum atomic E-state index is -4.30. The van der Waals surface area contributed by atoms with Crippen LogP contribution in [0.1, 0.15) is 12.8 Å². The van der Waals surface area contributed by atoms with Crippen LogP contribution in [0.5, 0.6) is 0 Å². The van der Waals surface area contributed by atoms with Crippen molar-refractivity contribution in [2.75, 3.05) is 5.32 Å². The summed E-state index contributed by atoms with van der Waals surface area (Å²) in [4.78, 5) is 10.9. The smallest absolute Gasteiger partial charge is 0.311 e. The Morgan fingerprint density at radius 2 is 2.29 bits per heavy atom. The normalized spacial score (nSPS) is 11.4. The lowest BCUT2D eigenvalue weighted by atomic mass is 10.3. The van der Waals surface area contributed by atoms with Crippen molar-refractivity contribution < 1.29 is 18.0 Å². The molecule has 1 rings (SSSR count). The van der Waals surface area contributed by atoms with Gasteiger partial charge in [-0.3, -0.25) is 9.89 Å². The van der Waals surface area contributed by atoms with Gasteiger partial charge in [-0.2, -0.15) is 18.3 Å². The van der Waals surface area contributed by atoms with E-state index in [0.29, 0.717) is 0 Å². The van der Waals surface area contributed by atoms with E-state index in [1.165, 1.54) is 12.3 Å². The van der Waals surface area contributed by atoms with Gasteiger partial charge in [-0.05, 0) is 0 Å². The lowest BCUT2D eigenvalue weighted by Gasteiger charge is -2.05. The van der Waals surface area contributed by atoms with Gasteiger partial charge in [0.25, 0.3) is 0 Å². The van der Waals surface area contributed by atoms with Crippen LogP contribution in [0.15, 0.2) is 12.3 Å². The maximum atomic E-state index is 11.7. The van der Waals surface area contributed by atoms with Gasteiger partial charge in [-0.25, -0.2) is 0 Å². The van der Waals surface area contributed by atoms with Crippen LogP contribution in [0.3, 0.4) is 0 Å². The monoisotopic (exact) mass is 207 g/mol. The van der Waals surface area contributed by atoms with E-state index in [4.69, 9.17) is 0 Å². The van der Waals surface area contributed by atoms with Crippen LogP contribution in [0.25, 0.3) is 0 Å². The number of H-pyrrole nitrogens is 1. The van der Waals surface area contributed by atoms with Gasteiger partial charge in [0, 0.05) is 12.5 Å². The Morgan fingerprint density at radius 3 is 2.79 bits per heavy atom. The van der Waals surface area contributed by atoms with Crippen molar-refractivity contribution in [1.29, 1.82) is 0 Å². The molecule has 78 valence electrons. The summed E-state index contributed by atoms with van der Waals surface area (Å²) in [7, 11) is 0. The Morgan fingerprint density at radius 1 is 1.57 bits per heavy atom. The first-order chi connectivity index (χ1) is 6.47. The second kappa shape index (κ2) is 4.12. The molecule has 14 heavy (non-hydrogen) atoms. The highest BCUT2D eigenvalue weighted by Crippen LogP contribution is 2.21. The zero-order chi connectivity index (χ0) is 10.6. The topological polar surface area (TPSA) is 57.8 Å². The number of nitrogens with zero attached hydrogens (tertiary/aromatic N) is 1. The maximum absolute atomic E-state index is 11.7. The summed E-state index contributed by atoms with van der Waals surface area (Å²) in [6.07, 6.45) is -4.61. The van der Waals surface area contributed by atoms with E-state index in [9.17, 15) is 18.0 Å². The van der Waals surface area contributed by atoms with E-state index in [1.54, 1.807) is 0 Å². The Kier molecular flexibility index (Phi) is 3.10. The van der Waals surface area contributed by atoms with Crippen molar-refractivity contribution >= 4 is 11.7 Å². The van der Waals surface area contributed by atoms with Gasteiger partial charge in [0.05, 0.1) is 12.6 Å². The highest BCUT2D eigenvalue weighted by Gasteiger charge is 2.27. The van der Waals surface area contributed by atoms with Crippen LogP contribution < -0.4 is 5.32 Å². The first kappa shape index (κ1) is 10.6. The molecule has 0 aliphatic carbocycles. The molecule has 0 spiro atoms. The van der Waals surface area contributed by atoms with Gasteiger partial charge in [-0.1, -0.05) is 0 Å². The first-order valence-electron chi connectivity index (χ1n) is 3.83. The number of aromatic nitrogens is 2. The molecule has 0 aliphatic rings. The lowest BCUT2D eigenvalue weighted by molar-refractivity contribution is -0.142. The first-order valence-corrected chi connectivity index (χ1v) is 3.83. The second-order valence-corrected chi connectivity index (χ2v) is 2.63. The number of hydrogen-bond donors (Lipinski definition) is 2. The van der Waals surface area contributed by atoms with E-state index < -0.39 is 24.9 Å². The van der Waals surface area contributed by atoms with Crippen molar-refractivity contribution in [3.8, 4) is 0 Å². The van der Waals surface area contributed by atoms with Gasteiger partial charge in [0.15, 0.2) is 0 Å². The molecule has 0 aliphatic heterocycles. The van der Waals surface area contributed by atoms with Crippen LogP contribution in [-0.2, 0) is 4.79 Å². The van der Waals surface area contributed by atoms with Gasteiger partial charge in [0.2, 0.25) is 5.91 Å². The molecule has 0 atom stereocenters. The molecule has 0 unspecified atom stereocenters. The molecule has 0 fully saturated rings. The van der Waals surface area contributed by atoms with E-state index in [1.807, 2.05) is 0 Å². The summed E-state index contributed by atoms with van der Waals surface area (Å²) in [5.41, 5.74) is 0. The molecule has 0 aromatic carbocycles. The largest absolute Gasteiger partial charge is 0.389 e. The SMILES string of the molecule is O=C(CCC(F)(F)F)Nc1ccn[nH]1. The summed E-state index contributed by atoms with van der Waals surface area (Å²) in [5, 5.41) is 8.16. The lowest BCUT2D eigenvalue weighted by Crippen LogP contribution is -2.16. The van der Waals surface area contributed by atoms with Gasteiger partial charge in [0.1, 0.15) is 5.82 Å². The van der Waals surface area contributed by atoms with Crippen LogP contribution in [0.2, 0.25) is 0 Å². The van der Waals surface area contributed by atoms with Crippen molar-refractivity contribution in [1.82, 2.24) is 10.2 Å². The van der Waals surface area contributed by atoms with Crippen molar-refractivity contribution in [2.45, 2.75) is 19.0 Å². The third kappa shape index (κ3) is 3.92. The zero-order valence-electron chi connectivity index (χ0n) is 7.06. The minimum absolute atomic E-state index is 0.289. The number of alkyl halides is 3. The third-order valence-corrected chi connectivity index (χ3v) is 1.41. The molecule has 1 aromatic heterocycles. The number of anilines is 1. The fourth-order valence-corrected chi connectivity index (χ4v) is 0.793. The van der Waals surface area contributed by atoms with Crippen molar-refractivity contribution in [3.63, 3.8) is 0 Å². The number of carbonyl (C=O) groups is 1. The highest BCUT2D eigenvalue weighted by atomic mass is 19.4. The standard InChI is InChI=1S/C7H8F3N3O/c8-7(9,10)3-1-6(14)12-5-2-4-11-13-5/h2,4H,1,3H2,(H2,11,12,13,14). The molecular weight excluding hydrogens is 199 g/mol. The van der Waals surface area contributed by atoms with E-state index in [-0.39, 0.29) is 5.82 Å². The molecule has 4 nitrogen and oxygen atoms in total. The predicted octanol–water partition coefficient (Wildman–Crippen LogP) is 1.69. The molecule has 1 amide bonds. The molecule has 0 saturated heterocycles. The Hall–Kier alpha value is -1.53. The number of nitrogens with one attached hydrogen (secondary N) is 2. The summed E-state index contributed by atoms with van der Waals surface area (Å²) >= 11 is 0. The molecular formula is C7H8F3N3O. The van der Waals surface area contributed by atoms with Crippen LogP contribution in [0, 0.1) is 0 Å². The summed E-state index contributed by atoms with van der Waals surface area (Å²) < 4.78 is 35.1. The number of amides is 1. The molecule has 2 N–H and O–H groups in total. The number of aromatic amines is 1. The molecule has 0 radical (unpaired) electrons. The van der Waals surface area contributed by atoms with Crippen LogP contribution in [-0.4, -0.2) is 22.3 Å². The quantitative estimate of drug-likeness (QED) is 0.792. The molecule has 0 bridgehead atoms. The van der Waals surface area contributed by atoms with Crippen molar-refractivity contribution in [2.24, 2.45) is 0 Å². The van der Waals surface area contributed by atoms with Crippen molar-refractivity contribution in [3.05, 3.63) is 12.3 Å². The van der Waals surface area contributed by atoms with Gasteiger partial charge >= 0.3 is 6.18 Å². The van der Waals surface area contributed by atoms with Gasteiger partial charge in [-0.15, -0.1) is 0 Å². The molecule has 1 heterocycles.